The summed E-state index contributed by atoms with van der Waals surface area (Å²) in [5, 5.41) is 22.2. The Morgan fingerprint density at radius 1 is 1.00 bits per heavy atom. The number of ether oxygens (including phenoxy) is 1. The van der Waals surface area contributed by atoms with Crippen LogP contribution in [-0.2, 0) is 21.4 Å². The number of anilines is 2. The van der Waals surface area contributed by atoms with Gasteiger partial charge in [0.25, 0.3) is 0 Å². The number of rotatable bonds is 4. The quantitative estimate of drug-likeness (QED) is 0.242. The second-order valence-electron chi connectivity index (χ2n) is 21.7. The first kappa shape index (κ1) is 38.3. The molecule has 10 heteroatoms. The second-order valence-corrected chi connectivity index (χ2v) is 21.7. The average Bonchev–Trinajstić information content (AvgIpc) is 3.70. The lowest BCUT2D eigenvalue weighted by Gasteiger charge is -2.71. The van der Waals surface area contributed by atoms with Crippen LogP contribution in [-0.4, -0.2) is 57.1 Å². The Balaban J connectivity index is 1.22. The maximum atomic E-state index is 13.6. The number of carbonyl (C=O) groups is 2. The van der Waals surface area contributed by atoms with E-state index in [-0.39, 0.29) is 45.1 Å². The third kappa shape index (κ3) is 5.67. The van der Waals surface area contributed by atoms with Crippen molar-refractivity contribution < 1.29 is 19.4 Å². The van der Waals surface area contributed by atoms with Gasteiger partial charge in [-0.05, 0) is 148 Å². The van der Waals surface area contributed by atoms with Crippen molar-refractivity contribution in [2.24, 2.45) is 44.8 Å². The van der Waals surface area contributed by atoms with Crippen LogP contribution in [0.25, 0.3) is 5.57 Å². The van der Waals surface area contributed by atoms with Crippen LogP contribution in [0.4, 0.5) is 16.4 Å². The first-order valence-electron chi connectivity index (χ1n) is 21.1. The Morgan fingerprint density at radius 2 is 1.73 bits per heavy atom. The zero-order valence-corrected chi connectivity index (χ0v) is 35.1. The van der Waals surface area contributed by atoms with E-state index in [1.165, 1.54) is 16.7 Å². The van der Waals surface area contributed by atoms with E-state index < -0.39 is 17.0 Å². The van der Waals surface area contributed by atoms with Crippen LogP contribution < -0.4 is 16.0 Å². The molecule has 1 amide bonds. The van der Waals surface area contributed by atoms with Gasteiger partial charge in [0.05, 0.1) is 17.2 Å². The number of carboxylic acid groups (broad SMARTS) is 1. The van der Waals surface area contributed by atoms with E-state index in [0.717, 1.165) is 87.8 Å². The summed E-state index contributed by atoms with van der Waals surface area (Å²) in [7, 11) is 0. The zero-order chi connectivity index (χ0) is 39.7. The van der Waals surface area contributed by atoms with Gasteiger partial charge in [-0.15, -0.1) is 0 Å². The Labute approximate surface area is 328 Å². The number of nitrogens with zero attached hydrogens (tertiary/aromatic N) is 3. The van der Waals surface area contributed by atoms with Crippen molar-refractivity contribution in [2.45, 2.75) is 151 Å². The van der Waals surface area contributed by atoms with Crippen LogP contribution in [0.2, 0.25) is 0 Å². The van der Waals surface area contributed by atoms with E-state index in [1.54, 1.807) is 0 Å². The highest BCUT2D eigenvalue weighted by atomic mass is 16.6. The van der Waals surface area contributed by atoms with Crippen molar-refractivity contribution >= 4 is 29.3 Å². The number of aromatic nitrogens is 3. The number of alkyl carbamates (subject to hydrolysis) is 1. The first-order chi connectivity index (χ1) is 25.5. The molecule has 1 saturated heterocycles. The van der Waals surface area contributed by atoms with Gasteiger partial charge in [-0.25, -0.2) is 9.78 Å². The molecule has 2 aromatic rings. The molecular weight excluding hydrogens is 689 g/mol. The van der Waals surface area contributed by atoms with Gasteiger partial charge >= 0.3 is 12.1 Å². The van der Waals surface area contributed by atoms with Gasteiger partial charge in [0.2, 0.25) is 0 Å². The summed E-state index contributed by atoms with van der Waals surface area (Å²) >= 11 is 0. The van der Waals surface area contributed by atoms with Gasteiger partial charge in [-0.2, -0.15) is 5.10 Å². The number of hydrogen-bond acceptors (Lipinski definition) is 7. The monoisotopic (exact) mass is 755 g/mol. The van der Waals surface area contributed by atoms with Crippen molar-refractivity contribution in [1.29, 1.82) is 0 Å². The molecule has 1 aliphatic heterocycles. The van der Waals surface area contributed by atoms with Crippen molar-refractivity contribution in [2.75, 3.05) is 23.7 Å². The summed E-state index contributed by atoms with van der Waals surface area (Å²) in [6.45, 7) is 24.2. The lowest BCUT2D eigenvalue weighted by molar-refractivity contribution is -0.175. The molecule has 2 aromatic heterocycles. The fraction of sp³-hybridized carbons (Fsp3) is 0.733. The second kappa shape index (κ2) is 12.2. The predicted octanol–water partition coefficient (Wildman–Crippen LogP) is 8.92. The van der Waals surface area contributed by atoms with E-state index in [2.05, 4.69) is 82.1 Å². The van der Waals surface area contributed by atoms with Gasteiger partial charge < -0.3 is 25.8 Å². The fourth-order valence-electron chi connectivity index (χ4n) is 13.8. The number of pyridine rings is 1. The molecule has 8 rings (SSSR count). The van der Waals surface area contributed by atoms with Crippen molar-refractivity contribution in [3.05, 3.63) is 40.7 Å². The van der Waals surface area contributed by atoms with Gasteiger partial charge in [0.1, 0.15) is 17.2 Å². The van der Waals surface area contributed by atoms with Crippen molar-refractivity contribution in [3.63, 3.8) is 0 Å². The van der Waals surface area contributed by atoms with Gasteiger partial charge in [0.15, 0.2) is 0 Å². The lowest BCUT2D eigenvalue weighted by Crippen LogP contribution is -2.65. The molecule has 5 aliphatic carbocycles. The maximum Gasteiger partial charge on any atom is 0.407 e. The molecule has 10 nitrogen and oxygen atoms in total. The Kier molecular flexibility index (Phi) is 8.52. The topological polar surface area (TPSA) is 146 Å². The van der Waals surface area contributed by atoms with Gasteiger partial charge in [-0.1, -0.05) is 54.0 Å². The number of fused-ring (bicyclic) bond motifs is 8. The molecule has 8 atom stereocenters. The number of nitrogens with two attached hydrogens (primary N) is 1. The highest BCUT2D eigenvalue weighted by Gasteiger charge is 2.70. The van der Waals surface area contributed by atoms with Gasteiger partial charge in [-0.3, -0.25) is 9.89 Å². The molecule has 55 heavy (non-hydrogen) atoms. The molecule has 6 aliphatic rings. The molecule has 0 bridgehead atoms. The van der Waals surface area contributed by atoms with Crippen molar-refractivity contribution in [3.8, 4) is 0 Å². The smallest absolute Gasteiger partial charge is 0.407 e. The Bertz CT molecular complexity index is 1920. The zero-order valence-electron chi connectivity index (χ0n) is 35.1. The van der Waals surface area contributed by atoms with Crippen molar-refractivity contribution in [1.82, 2.24) is 20.5 Å². The number of carbonyl (C=O) groups excluding carboxylic acids is 1. The summed E-state index contributed by atoms with van der Waals surface area (Å²) in [6.07, 6.45) is 10.7. The number of nitrogen functional groups attached to an aromatic ring is 1. The number of nitrogens with one attached hydrogen (secondary N) is 2. The molecule has 3 saturated carbocycles. The highest BCUT2D eigenvalue weighted by Crippen LogP contribution is 2.77. The van der Waals surface area contributed by atoms with E-state index in [9.17, 15) is 14.7 Å². The minimum absolute atomic E-state index is 0.0106. The molecular formula is C45H66N6O4. The summed E-state index contributed by atoms with van der Waals surface area (Å²) in [5.74, 6) is 1.76. The predicted molar refractivity (Wildman–Crippen MR) is 216 cm³/mol. The number of hydrogen-bond donors (Lipinski definition) is 4. The third-order valence-electron chi connectivity index (χ3n) is 16.7. The summed E-state index contributed by atoms with van der Waals surface area (Å²) in [4.78, 5) is 33.5. The van der Waals surface area contributed by atoms with E-state index in [0.29, 0.717) is 24.2 Å². The summed E-state index contributed by atoms with van der Waals surface area (Å²) in [6, 6.07) is 4.39. The molecule has 4 fully saturated rings. The molecule has 300 valence electrons. The fourth-order valence-corrected chi connectivity index (χ4v) is 13.8. The van der Waals surface area contributed by atoms with Crippen LogP contribution in [0.1, 0.15) is 144 Å². The number of aliphatic carboxylic acids is 1. The number of carboxylic acids is 1. The molecule has 0 aromatic carbocycles. The van der Waals surface area contributed by atoms with Crippen LogP contribution >= 0.6 is 0 Å². The Hall–Kier alpha value is -3.56. The number of aromatic amines is 1. The minimum Gasteiger partial charge on any atom is -0.481 e. The Morgan fingerprint density at radius 3 is 2.40 bits per heavy atom. The summed E-state index contributed by atoms with van der Waals surface area (Å²) < 4.78 is 5.53. The molecule has 5 N–H and O–H groups in total. The van der Waals surface area contributed by atoms with Gasteiger partial charge in [0, 0.05) is 30.3 Å². The highest BCUT2D eigenvalue weighted by molar-refractivity contribution is 5.80. The van der Waals surface area contributed by atoms with E-state index in [4.69, 9.17) is 20.6 Å². The van der Waals surface area contributed by atoms with Crippen LogP contribution in [0.15, 0.2) is 23.9 Å². The SMILES string of the molecule is CC1(C)CCC2(C(=O)O)CCC3(C)C(=C(c4ccc(N5CCC(NC(=O)OC(C)(C)C)C5)nc4)CC4C5(C)Cc6c(n[nH]c6N)C(C)(C)C5CCC43C)C2C1. The van der Waals surface area contributed by atoms with Crippen LogP contribution in [0, 0.1) is 44.8 Å². The van der Waals surface area contributed by atoms with E-state index in [1.807, 2.05) is 20.8 Å². The molecule has 8 unspecified atom stereocenters. The normalized spacial score (nSPS) is 37.5. The molecule has 0 radical (unpaired) electrons. The first-order valence-corrected chi connectivity index (χ1v) is 21.1. The lowest BCUT2D eigenvalue weighted by atomic mass is 9.33. The number of H-pyrrole nitrogens is 1. The number of allylic oxidation sites excluding steroid dienone is 2. The standard InChI is InChI=1S/C45H66N6O4/c1-39(2,3)55-38(54)48-27-14-20-51(25-27)33-12-11-26(24-47-33)28-21-32-42(8)22-29-35(49-50-36(29)46)41(6,7)31(42)13-15-43(32,9)44(10)17-19-45(37(52)53)18-16-40(4,5)23-30(45)34(28)44/h11-12,24,27,30-32H,13-23,25H2,1-10H3,(H,48,54)(H,52,53)(H3,46,49,50). The molecule has 0 spiro atoms. The number of amides is 1. The third-order valence-corrected chi connectivity index (χ3v) is 16.7. The van der Waals surface area contributed by atoms with Crippen LogP contribution in [0.3, 0.4) is 0 Å². The molecule has 3 heterocycles. The summed E-state index contributed by atoms with van der Waals surface area (Å²) in [5.41, 5.74) is 11.3. The van der Waals surface area contributed by atoms with E-state index >= 15 is 0 Å². The van der Waals surface area contributed by atoms with Crippen LogP contribution in [0.5, 0.6) is 0 Å². The maximum absolute atomic E-state index is 13.6. The average molecular weight is 755 g/mol. The largest absolute Gasteiger partial charge is 0.481 e. The minimum atomic E-state index is -0.744.